The van der Waals surface area contributed by atoms with Gasteiger partial charge in [0.05, 0.1) is 13.2 Å². The molecule has 3 saturated heterocycles. The van der Waals surface area contributed by atoms with Crippen molar-refractivity contribution in [3.8, 4) is 0 Å². The average Bonchev–Trinajstić information content (AvgIpc) is 2.50. The second-order valence-electron chi connectivity index (χ2n) is 6.91. The molecule has 0 radical (unpaired) electrons. The van der Waals surface area contributed by atoms with Crippen molar-refractivity contribution < 1.29 is 14.3 Å². The van der Waals surface area contributed by atoms with E-state index in [0.29, 0.717) is 19.7 Å². The molecule has 3 rings (SSSR count). The highest BCUT2D eigenvalue weighted by molar-refractivity contribution is 5.80. The Balaban J connectivity index is 1.74. The van der Waals surface area contributed by atoms with Crippen molar-refractivity contribution >= 4 is 11.8 Å². The Bertz CT molecular complexity index is 458. The predicted octanol–water partition coefficient (Wildman–Crippen LogP) is -1.01. The lowest BCUT2D eigenvalue weighted by atomic mass is 9.74. The van der Waals surface area contributed by atoms with Gasteiger partial charge >= 0.3 is 0 Å². The first-order valence-electron chi connectivity index (χ1n) is 8.01. The Morgan fingerprint density at radius 3 is 2.68 bits per heavy atom. The van der Waals surface area contributed by atoms with Crippen LogP contribution in [0.1, 0.15) is 19.8 Å². The molecule has 7 nitrogen and oxygen atoms in total. The summed E-state index contributed by atoms with van der Waals surface area (Å²) in [6.07, 6.45) is 1.89. The third-order valence-electron chi connectivity index (χ3n) is 5.45. The Kier molecular flexibility index (Phi) is 4.13. The molecule has 1 atom stereocenters. The van der Waals surface area contributed by atoms with E-state index in [4.69, 9.17) is 4.74 Å². The molecule has 0 aliphatic carbocycles. The van der Waals surface area contributed by atoms with Crippen LogP contribution in [0.25, 0.3) is 0 Å². The summed E-state index contributed by atoms with van der Waals surface area (Å²) in [5.41, 5.74) is -0.344. The molecule has 1 spiro atoms. The van der Waals surface area contributed by atoms with Gasteiger partial charge in [-0.1, -0.05) is 0 Å². The molecule has 22 heavy (non-hydrogen) atoms. The molecule has 7 heteroatoms. The number of hydrogen-bond acceptors (Lipinski definition) is 5. The number of piperidine rings is 1. The zero-order chi connectivity index (χ0) is 15.8. The highest BCUT2D eigenvalue weighted by atomic mass is 16.5. The zero-order valence-electron chi connectivity index (χ0n) is 13.5. The summed E-state index contributed by atoms with van der Waals surface area (Å²) in [6.45, 7) is 6.42. The fourth-order valence-corrected chi connectivity index (χ4v) is 4.00. The van der Waals surface area contributed by atoms with Crippen molar-refractivity contribution in [1.82, 2.24) is 20.4 Å². The van der Waals surface area contributed by atoms with E-state index in [-0.39, 0.29) is 17.2 Å². The zero-order valence-corrected chi connectivity index (χ0v) is 13.5. The quantitative estimate of drug-likeness (QED) is 0.684. The van der Waals surface area contributed by atoms with E-state index in [2.05, 4.69) is 10.6 Å². The van der Waals surface area contributed by atoms with Crippen LogP contribution in [0.3, 0.4) is 0 Å². The third kappa shape index (κ3) is 2.61. The molecule has 3 aliphatic heterocycles. The molecule has 3 fully saturated rings. The summed E-state index contributed by atoms with van der Waals surface area (Å²) in [6, 6.07) is 0. The number of amides is 2. The number of ether oxygens (including phenoxy) is 1. The molecule has 1 unspecified atom stereocenters. The van der Waals surface area contributed by atoms with Crippen LogP contribution in [0, 0.1) is 5.41 Å². The van der Waals surface area contributed by atoms with Gasteiger partial charge in [-0.15, -0.1) is 0 Å². The van der Waals surface area contributed by atoms with Gasteiger partial charge in [0.25, 0.3) is 0 Å². The van der Waals surface area contributed by atoms with E-state index < -0.39 is 5.66 Å². The van der Waals surface area contributed by atoms with Crippen LogP contribution in [0.2, 0.25) is 0 Å². The van der Waals surface area contributed by atoms with E-state index in [1.807, 2.05) is 9.80 Å². The van der Waals surface area contributed by atoms with Crippen LogP contribution in [-0.4, -0.2) is 80.3 Å². The molecule has 2 amide bonds. The van der Waals surface area contributed by atoms with Crippen LogP contribution < -0.4 is 10.6 Å². The molecule has 0 aromatic carbocycles. The maximum absolute atomic E-state index is 12.4. The number of carbonyl (C=O) groups excluding carboxylic acids is 2. The fourth-order valence-electron chi connectivity index (χ4n) is 4.00. The lowest BCUT2D eigenvalue weighted by Gasteiger charge is -2.57. The van der Waals surface area contributed by atoms with Crippen molar-refractivity contribution in [2.45, 2.75) is 25.4 Å². The van der Waals surface area contributed by atoms with Gasteiger partial charge in [-0.2, -0.15) is 0 Å². The van der Waals surface area contributed by atoms with Gasteiger partial charge in [-0.25, -0.2) is 0 Å². The van der Waals surface area contributed by atoms with Crippen molar-refractivity contribution in [1.29, 1.82) is 0 Å². The van der Waals surface area contributed by atoms with Crippen LogP contribution in [0.4, 0.5) is 0 Å². The van der Waals surface area contributed by atoms with Gasteiger partial charge in [0, 0.05) is 52.2 Å². The van der Waals surface area contributed by atoms with Gasteiger partial charge in [0.2, 0.25) is 11.8 Å². The van der Waals surface area contributed by atoms with Gasteiger partial charge in [0.1, 0.15) is 5.66 Å². The first-order chi connectivity index (χ1) is 10.5. The van der Waals surface area contributed by atoms with E-state index in [1.54, 1.807) is 14.0 Å². The van der Waals surface area contributed by atoms with Crippen LogP contribution >= 0.6 is 0 Å². The van der Waals surface area contributed by atoms with Crippen LogP contribution in [-0.2, 0) is 14.3 Å². The molecule has 0 bridgehead atoms. The van der Waals surface area contributed by atoms with Crippen molar-refractivity contribution in [2.24, 2.45) is 5.41 Å². The van der Waals surface area contributed by atoms with E-state index >= 15 is 0 Å². The molecule has 3 aliphatic rings. The van der Waals surface area contributed by atoms with Crippen molar-refractivity contribution in [3.63, 3.8) is 0 Å². The lowest BCUT2D eigenvalue weighted by Crippen LogP contribution is -2.78. The minimum Gasteiger partial charge on any atom is -0.381 e. The van der Waals surface area contributed by atoms with E-state index in [9.17, 15) is 9.59 Å². The topological polar surface area (TPSA) is 73.9 Å². The molecular weight excluding hydrogens is 284 g/mol. The van der Waals surface area contributed by atoms with Crippen molar-refractivity contribution in [2.75, 3.05) is 53.0 Å². The highest BCUT2D eigenvalue weighted by Gasteiger charge is 2.51. The van der Waals surface area contributed by atoms with Crippen LogP contribution in [0.15, 0.2) is 0 Å². The predicted molar refractivity (Wildman–Crippen MR) is 81.1 cm³/mol. The second-order valence-corrected chi connectivity index (χ2v) is 6.91. The number of fused-ring (bicyclic) bond motifs is 1. The monoisotopic (exact) mass is 310 g/mol. The molecule has 2 N–H and O–H groups in total. The van der Waals surface area contributed by atoms with E-state index in [1.165, 1.54) is 0 Å². The van der Waals surface area contributed by atoms with Gasteiger partial charge in [-0.05, 0) is 12.8 Å². The number of nitrogens with zero attached hydrogens (tertiary/aromatic N) is 2. The third-order valence-corrected chi connectivity index (χ3v) is 5.45. The fraction of sp³-hybridized carbons (Fsp3) is 0.867. The maximum atomic E-state index is 12.4. The minimum atomic E-state index is -0.424. The summed E-state index contributed by atoms with van der Waals surface area (Å²) in [7, 11) is 1.67. The van der Waals surface area contributed by atoms with Gasteiger partial charge in [-0.3, -0.25) is 14.9 Å². The number of methoxy groups -OCH3 is 1. The Hall–Kier alpha value is -1.18. The maximum Gasteiger partial charge on any atom is 0.238 e. The average molecular weight is 310 g/mol. The Morgan fingerprint density at radius 1 is 1.32 bits per heavy atom. The summed E-state index contributed by atoms with van der Waals surface area (Å²) in [5.74, 6) is 0.273. The smallest absolute Gasteiger partial charge is 0.238 e. The summed E-state index contributed by atoms with van der Waals surface area (Å²) >= 11 is 0. The normalized spacial score (nSPS) is 31.3. The Morgan fingerprint density at radius 2 is 2.05 bits per heavy atom. The molecule has 3 heterocycles. The van der Waals surface area contributed by atoms with Gasteiger partial charge < -0.3 is 19.9 Å². The number of piperazine rings is 1. The Labute approximate surface area is 131 Å². The first kappa shape index (κ1) is 15.7. The first-order valence-corrected chi connectivity index (χ1v) is 8.01. The molecular formula is C15H26N4O3. The van der Waals surface area contributed by atoms with E-state index in [0.717, 1.165) is 39.0 Å². The number of rotatable bonds is 2. The number of likely N-dealkylation sites (tertiary alicyclic amines) is 1. The van der Waals surface area contributed by atoms with Crippen LogP contribution in [0.5, 0.6) is 0 Å². The second kappa shape index (κ2) is 5.79. The summed E-state index contributed by atoms with van der Waals surface area (Å²) in [5, 5.41) is 6.77. The largest absolute Gasteiger partial charge is 0.381 e. The molecule has 0 aromatic heterocycles. The lowest BCUT2D eigenvalue weighted by molar-refractivity contribution is -0.159. The summed E-state index contributed by atoms with van der Waals surface area (Å²) in [4.78, 5) is 27.8. The van der Waals surface area contributed by atoms with Crippen molar-refractivity contribution in [3.05, 3.63) is 0 Å². The molecule has 0 saturated carbocycles. The standard InChI is InChI=1S/C15H26N4O3/c1-12(20)18-5-3-14(4-6-18)8-17-15(11-22-2)9-16-7-13(21)19(15)10-14/h16-17H,3-11H2,1-2H3. The highest BCUT2D eigenvalue weighted by Crippen LogP contribution is 2.38. The molecule has 0 aromatic rings. The summed E-state index contributed by atoms with van der Waals surface area (Å²) < 4.78 is 5.36. The number of hydrogen-bond donors (Lipinski definition) is 2. The van der Waals surface area contributed by atoms with Gasteiger partial charge in [0.15, 0.2) is 0 Å². The number of nitrogens with one attached hydrogen (secondary N) is 2. The number of carbonyl (C=O) groups is 2. The minimum absolute atomic E-state index is 0.0796. The molecule has 124 valence electrons. The SMILES string of the molecule is COCC12CNCC(=O)N1CC1(CCN(C(C)=O)CC1)CN2.